The summed E-state index contributed by atoms with van der Waals surface area (Å²) < 4.78 is 1.12. The molecule has 19 heavy (non-hydrogen) atoms. The van der Waals surface area contributed by atoms with Gasteiger partial charge in [-0.3, -0.25) is 4.98 Å². The van der Waals surface area contributed by atoms with Gasteiger partial charge in [0.2, 0.25) is 0 Å². The minimum Gasteiger partial charge on any atom is -0.384 e. The lowest BCUT2D eigenvalue weighted by molar-refractivity contribution is 0.970. The van der Waals surface area contributed by atoms with Crippen LogP contribution in [0.5, 0.6) is 0 Å². The van der Waals surface area contributed by atoms with Crippen LogP contribution in [0.25, 0.3) is 10.9 Å². The van der Waals surface area contributed by atoms with Crippen molar-refractivity contribution in [2.45, 2.75) is 40.5 Å². The van der Waals surface area contributed by atoms with E-state index < -0.39 is 0 Å². The second-order valence-corrected chi connectivity index (χ2v) is 5.76. The van der Waals surface area contributed by atoms with Gasteiger partial charge in [-0.25, -0.2) is 0 Å². The number of hydrogen-bond donors (Lipinski definition) is 1. The van der Waals surface area contributed by atoms with E-state index in [1.54, 1.807) is 0 Å². The van der Waals surface area contributed by atoms with Crippen LogP contribution in [-0.4, -0.2) is 11.5 Å². The normalized spacial score (nSPS) is 11.0. The summed E-state index contributed by atoms with van der Waals surface area (Å²) in [6.45, 7) is 9.64. The molecule has 0 aliphatic heterocycles. The van der Waals surface area contributed by atoms with Gasteiger partial charge in [-0.05, 0) is 49.9 Å². The van der Waals surface area contributed by atoms with Gasteiger partial charge in [0, 0.05) is 27.8 Å². The maximum atomic E-state index is 4.85. The molecule has 1 heterocycles. The number of fused-ring (bicyclic) bond motifs is 1. The van der Waals surface area contributed by atoms with E-state index in [4.69, 9.17) is 4.98 Å². The van der Waals surface area contributed by atoms with Gasteiger partial charge in [0.05, 0.1) is 5.52 Å². The summed E-state index contributed by atoms with van der Waals surface area (Å²) in [5, 5.41) is 4.80. The predicted octanol–water partition coefficient (Wildman–Crippen LogP) is 5.00. The van der Waals surface area contributed by atoms with Gasteiger partial charge in [0.1, 0.15) is 0 Å². The number of hydrogen-bond acceptors (Lipinski definition) is 2. The summed E-state index contributed by atoms with van der Waals surface area (Å²) in [7, 11) is 0. The van der Waals surface area contributed by atoms with Crippen molar-refractivity contribution in [1.29, 1.82) is 0 Å². The molecule has 0 saturated carbocycles. The molecule has 1 aromatic carbocycles. The summed E-state index contributed by atoms with van der Waals surface area (Å²) in [5.41, 5.74) is 6.04. The van der Waals surface area contributed by atoms with Gasteiger partial charge in [0.15, 0.2) is 0 Å². The fourth-order valence-electron chi connectivity index (χ4n) is 2.41. The summed E-state index contributed by atoms with van der Waals surface area (Å²) in [5.74, 6) is 0. The second-order valence-electron chi connectivity index (χ2n) is 4.91. The van der Waals surface area contributed by atoms with Crippen LogP contribution in [0.15, 0.2) is 16.6 Å². The summed E-state index contributed by atoms with van der Waals surface area (Å²) in [4.78, 5) is 4.85. The Morgan fingerprint density at radius 1 is 1.16 bits per heavy atom. The number of pyridine rings is 1. The molecule has 1 aromatic heterocycles. The molecule has 0 spiro atoms. The largest absolute Gasteiger partial charge is 0.384 e. The van der Waals surface area contributed by atoms with E-state index in [1.165, 1.54) is 27.9 Å². The quantitative estimate of drug-likeness (QED) is 0.857. The third kappa shape index (κ3) is 2.62. The zero-order valence-corrected chi connectivity index (χ0v) is 13.7. The SMILES string of the molecule is CCCNc1c(C)c(CC)nc2c(C)c(Br)ccc12. The summed E-state index contributed by atoms with van der Waals surface area (Å²) in [6, 6.07) is 4.27. The Bertz CT molecular complexity index is 605. The number of aryl methyl sites for hydroxylation is 2. The molecule has 0 atom stereocenters. The average molecular weight is 321 g/mol. The van der Waals surface area contributed by atoms with Crippen molar-refractivity contribution in [2.75, 3.05) is 11.9 Å². The Balaban J connectivity index is 2.75. The Hall–Kier alpha value is -1.09. The van der Waals surface area contributed by atoms with Crippen LogP contribution in [0.4, 0.5) is 5.69 Å². The number of nitrogens with one attached hydrogen (secondary N) is 1. The van der Waals surface area contributed by atoms with Crippen molar-refractivity contribution in [3.8, 4) is 0 Å². The first kappa shape index (κ1) is 14.3. The van der Waals surface area contributed by atoms with Crippen molar-refractivity contribution >= 4 is 32.5 Å². The molecule has 0 radical (unpaired) electrons. The molecule has 0 aliphatic carbocycles. The maximum absolute atomic E-state index is 4.85. The Morgan fingerprint density at radius 2 is 1.89 bits per heavy atom. The molecule has 2 aromatic rings. The number of nitrogens with zero attached hydrogens (tertiary/aromatic N) is 1. The van der Waals surface area contributed by atoms with E-state index in [1.807, 2.05) is 0 Å². The van der Waals surface area contributed by atoms with Gasteiger partial charge in [0.25, 0.3) is 0 Å². The molecule has 2 nitrogen and oxygen atoms in total. The van der Waals surface area contributed by atoms with Crippen LogP contribution in [0.2, 0.25) is 0 Å². The fourth-order valence-corrected chi connectivity index (χ4v) is 2.73. The molecule has 1 N–H and O–H groups in total. The van der Waals surface area contributed by atoms with E-state index in [0.717, 1.165) is 29.4 Å². The number of halogens is 1. The van der Waals surface area contributed by atoms with Crippen LogP contribution in [-0.2, 0) is 6.42 Å². The van der Waals surface area contributed by atoms with Crippen LogP contribution in [0.3, 0.4) is 0 Å². The molecule has 0 bridgehead atoms. The minimum atomic E-state index is 0.967. The van der Waals surface area contributed by atoms with Gasteiger partial charge < -0.3 is 5.32 Å². The smallest absolute Gasteiger partial charge is 0.0766 e. The second kappa shape index (κ2) is 5.91. The lowest BCUT2D eigenvalue weighted by Gasteiger charge is -2.16. The van der Waals surface area contributed by atoms with Crippen molar-refractivity contribution < 1.29 is 0 Å². The Labute approximate surface area is 123 Å². The Kier molecular flexibility index (Phi) is 4.46. The highest BCUT2D eigenvalue weighted by atomic mass is 79.9. The highest BCUT2D eigenvalue weighted by Crippen LogP contribution is 2.33. The number of aromatic nitrogens is 1. The molecule has 0 aliphatic rings. The van der Waals surface area contributed by atoms with E-state index in [0.29, 0.717) is 0 Å². The zero-order valence-electron chi connectivity index (χ0n) is 12.1. The molecule has 0 fully saturated rings. The van der Waals surface area contributed by atoms with E-state index in [2.05, 4.69) is 61.1 Å². The lowest BCUT2D eigenvalue weighted by atomic mass is 10.0. The topological polar surface area (TPSA) is 24.9 Å². The van der Waals surface area contributed by atoms with Crippen molar-refractivity contribution in [3.05, 3.63) is 33.4 Å². The molecule has 0 amide bonds. The Morgan fingerprint density at radius 3 is 2.53 bits per heavy atom. The fraction of sp³-hybridized carbons (Fsp3) is 0.438. The summed E-state index contributed by atoms with van der Waals surface area (Å²) >= 11 is 3.60. The van der Waals surface area contributed by atoms with Crippen LogP contribution in [0.1, 0.15) is 37.1 Å². The van der Waals surface area contributed by atoms with Crippen LogP contribution in [0, 0.1) is 13.8 Å². The van der Waals surface area contributed by atoms with Gasteiger partial charge in [-0.15, -0.1) is 0 Å². The third-order valence-corrected chi connectivity index (χ3v) is 4.43. The highest BCUT2D eigenvalue weighted by Gasteiger charge is 2.13. The molecular weight excluding hydrogens is 300 g/mol. The third-order valence-electron chi connectivity index (χ3n) is 3.58. The predicted molar refractivity (Wildman–Crippen MR) is 87.1 cm³/mol. The van der Waals surface area contributed by atoms with Gasteiger partial charge in [-0.1, -0.05) is 29.8 Å². The first-order valence-electron chi connectivity index (χ1n) is 6.92. The van der Waals surface area contributed by atoms with E-state index in [-0.39, 0.29) is 0 Å². The number of benzene rings is 1. The monoisotopic (exact) mass is 320 g/mol. The number of rotatable bonds is 4. The van der Waals surface area contributed by atoms with Crippen molar-refractivity contribution in [2.24, 2.45) is 0 Å². The number of anilines is 1. The van der Waals surface area contributed by atoms with Crippen LogP contribution >= 0.6 is 15.9 Å². The molecule has 0 saturated heterocycles. The highest BCUT2D eigenvalue weighted by molar-refractivity contribution is 9.10. The van der Waals surface area contributed by atoms with Gasteiger partial charge >= 0.3 is 0 Å². The first-order chi connectivity index (χ1) is 9.10. The minimum absolute atomic E-state index is 0.967. The molecule has 3 heteroatoms. The molecule has 102 valence electrons. The van der Waals surface area contributed by atoms with Crippen molar-refractivity contribution in [3.63, 3.8) is 0 Å². The lowest BCUT2D eigenvalue weighted by Crippen LogP contribution is -2.06. The molecule has 0 unspecified atom stereocenters. The maximum Gasteiger partial charge on any atom is 0.0766 e. The zero-order chi connectivity index (χ0) is 14.0. The van der Waals surface area contributed by atoms with Crippen molar-refractivity contribution in [1.82, 2.24) is 4.98 Å². The first-order valence-corrected chi connectivity index (χ1v) is 7.71. The molecule has 2 rings (SSSR count). The standard InChI is InChI=1S/C16H21BrN2/c1-5-9-18-15-11(4)14(6-2)19-16-10(3)13(17)8-7-12(15)16/h7-8H,5-6,9H2,1-4H3,(H,18,19). The van der Waals surface area contributed by atoms with E-state index >= 15 is 0 Å². The van der Waals surface area contributed by atoms with E-state index in [9.17, 15) is 0 Å². The van der Waals surface area contributed by atoms with Gasteiger partial charge in [-0.2, -0.15) is 0 Å². The average Bonchev–Trinajstić information content (AvgIpc) is 2.41. The van der Waals surface area contributed by atoms with Crippen LogP contribution < -0.4 is 5.32 Å². The molecular formula is C16H21BrN2. The summed E-state index contributed by atoms with van der Waals surface area (Å²) in [6.07, 6.45) is 2.09.